The summed E-state index contributed by atoms with van der Waals surface area (Å²) in [5.41, 5.74) is 1.50. The average Bonchev–Trinajstić information content (AvgIpc) is 3.31. The van der Waals surface area contributed by atoms with Crippen molar-refractivity contribution in [3.63, 3.8) is 0 Å². The molecule has 0 bridgehead atoms. The van der Waals surface area contributed by atoms with Crippen LogP contribution in [0, 0.1) is 6.92 Å². The van der Waals surface area contributed by atoms with Gasteiger partial charge in [-0.1, -0.05) is 12.1 Å². The van der Waals surface area contributed by atoms with E-state index in [-0.39, 0.29) is 36.2 Å². The van der Waals surface area contributed by atoms with Crippen molar-refractivity contribution in [2.45, 2.75) is 32.2 Å². The van der Waals surface area contributed by atoms with Crippen LogP contribution in [0.3, 0.4) is 0 Å². The smallest absolute Gasteiger partial charge is 0.270 e. The number of hydrogen-bond donors (Lipinski definition) is 2. The van der Waals surface area contributed by atoms with Crippen LogP contribution in [0.25, 0.3) is 11.5 Å². The Morgan fingerprint density at radius 2 is 2.06 bits per heavy atom. The summed E-state index contributed by atoms with van der Waals surface area (Å²) in [6.45, 7) is 2.90. The molecule has 2 aromatic heterocycles. The van der Waals surface area contributed by atoms with Crippen molar-refractivity contribution in [2.24, 2.45) is 0 Å². The number of methoxy groups -OCH3 is 1. The minimum Gasteiger partial charge on any atom is -0.497 e. The maximum atomic E-state index is 12.7. The Labute approximate surface area is 189 Å². The molecule has 1 aliphatic rings. The minimum absolute atomic E-state index is 0.0824. The number of hydrogen-bond acceptors (Lipinski definition) is 10. The lowest BCUT2D eigenvalue weighted by atomic mass is 10.2. The molecule has 2 N–H and O–H groups in total. The quantitative estimate of drug-likeness (QED) is 0.481. The fraction of sp³-hybridized carbons (Fsp3) is 0.429. The van der Waals surface area contributed by atoms with E-state index in [1.54, 1.807) is 14.0 Å². The standard InChI is InChI=1S/C21H25N7O5/c1-13-23-18(20-25-27-28(26-20)9-16-11-33-17(10-29)12-32-16)7-19(24-13)21(30)22-8-14-4-3-5-15(6-14)31-2/h3-7,16-17,29H,8-12H2,1-2H3,(H,22,30)/t16-,17+/m1/s1. The Bertz CT molecular complexity index is 1100. The zero-order valence-electron chi connectivity index (χ0n) is 18.3. The number of aryl methyl sites for hydroxylation is 1. The van der Waals surface area contributed by atoms with Gasteiger partial charge < -0.3 is 24.6 Å². The highest BCUT2D eigenvalue weighted by atomic mass is 16.6. The minimum atomic E-state index is -0.344. The van der Waals surface area contributed by atoms with Crippen LogP contribution >= 0.6 is 0 Å². The van der Waals surface area contributed by atoms with Gasteiger partial charge in [-0.25, -0.2) is 9.97 Å². The molecule has 3 aromatic rings. The topological polar surface area (TPSA) is 146 Å². The third kappa shape index (κ3) is 5.86. The van der Waals surface area contributed by atoms with Crippen molar-refractivity contribution in [3.05, 3.63) is 47.4 Å². The zero-order chi connectivity index (χ0) is 23.2. The number of nitrogens with zero attached hydrogens (tertiary/aromatic N) is 6. The van der Waals surface area contributed by atoms with Gasteiger partial charge in [-0.3, -0.25) is 4.79 Å². The van der Waals surface area contributed by atoms with Crippen molar-refractivity contribution < 1.29 is 24.1 Å². The van der Waals surface area contributed by atoms with Crippen LogP contribution in [0.5, 0.6) is 5.75 Å². The van der Waals surface area contributed by atoms with Gasteiger partial charge in [0.25, 0.3) is 5.91 Å². The van der Waals surface area contributed by atoms with Crippen molar-refractivity contribution in [1.82, 2.24) is 35.5 Å². The molecule has 0 unspecified atom stereocenters. The van der Waals surface area contributed by atoms with Gasteiger partial charge >= 0.3 is 0 Å². The first-order chi connectivity index (χ1) is 16.0. The number of aliphatic hydroxyl groups is 1. The van der Waals surface area contributed by atoms with E-state index in [9.17, 15) is 4.79 Å². The maximum absolute atomic E-state index is 12.7. The third-order valence-corrected chi connectivity index (χ3v) is 4.95. The first-order valence-corrected chi connectivity index (χ1v) is 10.4. The molecule has 33 heavy (non-hydrogen) atoms. The summed E-state index contributed by atoms with van der Waals surface area (Å²) in [6.07, 6.45) is -0.557. The van der Waals surface area contributed by atoms with Gasteiger partial charge in [0.15, 0.2) is 0 Å². The lowest BCUT2D eigenvalue weighted by Crippen LogP contribution is -2.40. The second-order valence-corrected chi connectivity index (χ2v) is 7.48. The number of carbonyl (C=O) groups excluding carboxylic acids is 1. The number of aromatic nitrogens is 6. The van der Waals surface area contributed by atoms with E-state index in [4.69, 9.17) is 19.3 Å². The van der Waals surface area contributed by atoms with Crippen LogP contribution in [0.1, 0.15) is 21.9 Å². The van der Waals surface area contributed by atoms with E-state index >= 15 is 0 Å². The molecule has 1 aliphatic heterocycles. The lowest BCUT2D eigenvalue weighted by molar-refractivity contribution is -0.150. The molecule has 1 amide bonds. The molecule has 0 saturated carbocycles. The number of aliphatic hydroxyl groups excluding tert-OH is 1. The van der Waals surface area contributed by atoms with Crippen molar-refractivity contribution in [1.29, 1.82) is 0 Å². The fourth-order valence-corrected chi connectivity index (χ4v) is 3.25. The number of tetrazole rings is 1. The second-order valence-electron chi connectivity index (χ2n) is 7.48. The Morgan fingerprint density at radius 3 is 2.82 bits per heavy atom. The number of nitrogens with one attached hydrogen (secondary N) is 1. The van der Waals surface area contributed by atoms with E-state index in [2.05, 4.69) is 30.7 Å². The summed E-state index contributed by atoms with van der Waals surface area (Å²) >= 11 is 0. The number of amides is 1. The van der Waals surface area contributed by atoms with Crippen molar-refractivity contribution in [2.75, 3.05) is 26.9 Å². The van der Waals surface area contributed by atoms with Crippen LogP contribution in [-0.4, -0.2) is 80.3 Å². The van der Waals surface area contributed by atoms with E-state index < -0.39 is 0 Å². The number of carbonyl (C=O) groups is 1. The Hall–Kier alpha value is -3.48. The third-order valence-electron chi connectivity index (χ3n) is 4.95. The first-order valence-electron chi connectivity index (χ1n) is 10.4. The van der Waals surface area contributed by atoms with E-state index in [1.807, 2.05) is 24.3 Å². The van der Waals surface area contributed by atoms with Gasteiger partial charge in [0.05, 0.1) is 33.5 Å². The normalized spacial score (nSPS) is 18.2. The predicted molar refractivity (Wildman–Crippen MR) is 114 cm³/mol. The van der Waals surface area contributed by atoms with Crippen molar-refractivity contribution >= 4 is 5.91 Å². The number of ether oxygens (including phenoxy) is 3. The first kappa shape index (κ1) is 22.7. The van der Waals surface area contributed by atoms with Gasteiger partial charge in [-0.05, 0) is 35.9 Å². The zero-order valence-corrected chi connectivity index (χ0v) is 18.3. The van der Waals surface area contributed by atoms with E-state index in [0.29, 0.717) is 37.8 Å². The summed E-state index contributed by atoms with van der Waals surface area (Å²) in [5, 5.41) is 24.4. The molecule has 1 fully saturated rings. The number of rotatable bonds is 8. The Balaban J connectivity index is 1.41. The van der Waals surface area contributed by atoms with Gasteiger partial charge in [0.2, 0.25) is 5.82 Å². The van der Waals surface area contributed by atoms with Gasteiger partial charge in [0.1, 0.15) is 35.2 Å². The summed E-state index contributed by atoms with van der Waals surface area (Å²) in [7, 11) is 1.59. The molecule has 4 rings (SSSR count). The fourth-order valence-electron chi connectivity index (χ4n) is 3.25. The highest BCUT2D eigenvalue weighted by Gasteiger charge is 2.23. The molecule has 0 aliphatic carbocycles. The van der Waals surface area contributed by atoms with Crippen LogP contribution < -0.4 is 10.1 Å². The molecule has 12 heteroatoms. The molecular weight excluding hydrogens is 430 g/mol. The van der Waals surface area contributed by atoms with Crippen LogP contribution in [0.2, 0.25) is 0 Å². The second kappa shape index (κ2) is 10.4. The van der Waals surface area contributed by atoms with Gasteiger partial charge in [-0.2, -0.15) is 4.80 Å². The van der Waals surface area contributed by atoms with Gasteiger partial charge in [-0.15, -0.1) is 10.2 Å². The largest absolute Gasteiger partial charge is 0.497 e. The van der Waals surface area contributed by atoms with Crippen LogP contribution in [-0.2, 0) is 22.6 Å². The molecule has 0 radical (unpaired) electrons. The predicted octanol–water partition coefficient (Wildman–Crippen LogP) is 0.153. The Kier molecular flexibility index (Phi) is 7.17. The van der Waals surface area contributed by atoms with Crippen LogP contribution in [0.15, 0.2) is 30.3 Å². The highest BCUT2D eigenvalue weighted by molar-refractivity contribution is 5.93. The molecule has 0 spiro atoms. The summed E-state index contributed by atoms with van der Waals surface area (Å²) in [6, 6.07) is 8.97. The molecule has 174 valence electrons. The summed E-state index contributed by atoms with van der Waals surface area (Å²) in [5.74, 6) is 1.05. The molecule has 12 nitrogen and oxygen atoms in total. The lowest BCUT2D eigenvalue weighted by Gasteiger charge is -2.27. The van der Waals surface area contributed by atoms with Crippen LogP contribution in [0.4, 0.5) is 0 Å². The summed E-state index contributed by atoms with van der Waals surface area (Å²) in [4.78, 5) is 22.6. The molecule has 1 aromatic carbocycles. The number of benzene rings is 1. The Morgan fingerprint density at radius 1 is 1.24 bits per heavy atom. The average molecular weight is 455 g/mol. The van der Waals surface area contributed by atoms with Gasteiger partial charge in [0, 0.05) is 6.54 Å². The van der Waals surface area contributed by atoms with E-state index in [0.717, 1.165) is 11.3 Å². The SMILES string of the molecule is COc1cccc(CNC(=O)c2cc(-c3nnn(C[C@@H]4CO[C@@H](CO)CO4)n3)nc(C)n2)c1. The van der Waals surface area contributed by atoms with E-state index in [1.165, 1.54) is 10.9 Å². The monoisotopic (exact) mass is 455 g/mol. The molecule has 3 heterocycles. The molecular formula is C21H25N7O5. The molecule has 1 saturated heterocycles. The molecule has 2 atom stereocenters. The maximum Gasteiger partial charge on any atom is 0.270 e. The highest BCUT2D eigenvalue weighted by Crippen LogP contribution is 2.15. The summed E-state index contributed by atoms with van der Waals surface area (Å²) < 4.78 is 16.3. The van der Waals surface area contributed by atoms with Crippen molar-refractivity contribution in [3.8, 4) is 17.3 Å².